The number of rotatable bonds is 13. The first kappa shape index (κ1) is 18.1. The normalized spacial score (nSPS) is 12.0. The van der Waals surface area contributed by atoms with Gasteiger partial charge in [-0.05, 0) is 13.3 Å². The molecule has 0 bridgehead atoms. The molecule has 0 unspecified atom stereocenters. The van der Waals surface area contributed by atoms with Crippen LogP contribution in [0.1, 0.15) is 65.2 Å². The van der Waals surface area contributed by atoms with Crippen LogP contribution in [0.15, 0.2) is 0 Å². The summed E-state index contributed by atoms with van der Waals surface area (Å²) < 4.78 is 16.6. The molecule has 0 N–H and O–H groups in total. The fraction of sp³-hybridized carbons (Fsp3) is 1.00. The Balaban J connectivity index is 3.55. The summed E-state index contributed by atoms with van der Waals surface area (Å²) in [4.78, 5) is 0. The number of hydrogen-bond donors (Lipinski definition) is 0. The molecule has 0 saturated carbocycles. The summed E-state index contributed by atoms with van der Waals surface area (Å²) in [7, 11) is 1.08. The lowest BCUT2D eigenvalue weighted by Gasteiger charge is -2.25. The molecule has 0 aliphatic rings. The number of unbranched alkanes of at least 4 members (excludes halogenated alkanes) is 7. The maximum Gasteiger partial charge on any atom is 0.500 e. The SMILES string of the molecule is CCCCCCCCCC[Si](OC)(OC)OCC. The van der Waals surface area contributed by atoms with E-state index in [-0.39, 0.29) is 0 Å². The van der Waals surface area contributed by atoms with Crippen LogP contribution in [-0.4, -0.2) is 29.6 Å². The molecule has 0 atom stereocenters. The lowest BCUT2D eigenvalue weighted by Crippen LogP contribution is -2.43. The van der Waals surface area contributed by atoms with Gasteiger partial charge in [0.1, 0.15) is 0 Å². The van der Waals surface area contributed by atoms with Crippen LogP contribution in [0.3, 0.4) is 0 Å². The van der Waals surface area contributed by atoms with Crippen molar-refractivity contribution in [2.45, 2.75) is 71.3 Å². The van der Waals surface area contributed by atoms with Gasteiger partial charge in [-0.3, -0.25) is 0 Å². The zero-order valence-corrected chi connectivity index (χ0v) is 13.8. The van der Waals surface area contributed by atoms with Crippen LogP contribution in [0.25, 0.3) is 0 Å². The van der Waals surface area contributed by atoms with Gasteiger partial charge in [0.25, 0.3) is 0 Å². The van der Waals surface area contributed by atoms with Crippen molar-refractivity contribution in [3.63, 3.8) is 0 Å². The van der Waals surface area contributed by atoms with Crippen LogP contribution < -0.4 is 0 Å². The van der Waals surface area contributed by atoms with Gasteiger partial charge in [0.05, 0.1) is 0 Å². The second-order valence-corrected chi connectivity index (χ2v) is 7.72. The zero-order chi connectivity index (χ0) is 13.7. The Bertz CT molecular complexity index is 172. The predicted octanol–water partition coefficient (Wildman–Crippen LogP) is 4.40. The molecule has 0 rings (SSSR count). The van der Waals surface area contributed by atoms with Crippen LogP contribution in [0, 0.1) is 0 Å². The first-order valence-electron chi connectivity index (χ1n) is 7.49. The van der Waals surface area contributed by atoms with Crippen LogP contribution in [0.4, 0.5) is 0 Å². The fourth-order valence-corrected chi connectivity index (χ4v) is 4.25. The first-order chi connectivity index (χ1) is 8.74. The van der Waals surface area contributed by atoms with Gasteiger partial charge >= 0.3 is 8.80 Å². The molecule has 4 heteroatoms. The molecular formula is C14H32O3Si. The summed E-state index contributed by atoms with van der Waals surface area (Å²) in [6, 6.07) is 0.947. The molecule has 0 spiro atoms. The molecule has 0 aromatic heterocycles. The second-order valence-electron chi connectivity index (χ2n) is 4.75. The van der Waals surface area contributed by atoms with E-state index in [1.807, 2.05) is 6.92 Å². The minimum absolute atomic E-state index is 0.672. The zero-order valence-electron chi connectivity index (χ0n) is 12.8. The van der Waals surface area contributed by atoms with E-state index in [1.165, 1.54) is 44.9 Å². The highest BCUT2D eigenvalue weighted by Gasteiger charge is 2.37. The van der Waals surface area contributed by atoms with E-state index in [0.717, 1.165) is 12.5 Å². The molecular weight excluding hydrogens is 244 g/mol. The van der Waals surface area contributed by atoms with Crippen molar-refractivity contribution in [1.29, 1.82) is 0 Å². The molecule has 0 saturated heterocycles. The maximum atomic E-state index is 5.68. The molecule has 0 aromatic carbocycles. The molecule has 18 heavy (non-hydrogen) atoms. The Labute approximate surface area is 115 Å². The Kier molecular flexibility index (Phi) is 12.2. The quantitative estimate of drug-likeness (QED) is 0.369. The third kappa shape index (κ3) is 8.24. The Morgan fingerprint density at radius 3 is 1.67 bits per heavy atom. The minimum atomic E-state index is -2.32. The average Bonchev–Trinajstić information content (AvgIpc) is 2.40. The molecule has 0 aliphatic heterocycles. The lowest BCUT2D eigenvalue weighted by molar-refractivity contribution is 0.103. The Hall–Kier alpha value is 0.0969. The van der Waals surface area contributed by atoms with Crippen LogP contribution >= 0.6 is 0 Å². The predicted molar refractivity (Wildman–Crippen MR) is 78.8 cm³/mol. The van der Waals surface area contributed by atoms with Gasteiger partial charge in [0.15, 0.2) is 0 Å². The van der Waals surface area contributed by atoms with Crippen molar-refractivity contribution in [2.24, 2.45) is 0 Å². The summed E-state index contributed by atoms with van der Waals surface area (Å²) in [5.41, 5.74) is 0. The standard InChI is InChI=1S/C14H32O3Si/c1-5-7-8-9-10-11-12-13-14-18(15-3,16-4)17-6-2/h5-14H2,1-4H3. The average molecular weight is 276 g/mol. The molecule has 0 heterocycles. The van der Waals surface area contributed by atoms with Crippen molar-refractivity contribution in [3.8, 4) is 0 Å². The molecule has 110 valence electrons. The number of hydrogen-bond acceptors (Lipinski definition) is 3. The van der Waals surface area contributed by atoms with Gasteiger partial charge in [-0.2, -0.15) is 0 Å². The van der Waals surface area contributed by atoms with Crippen LogP contribution in [0.5, 0.6) is 0 Å². The van der Waals surface area contributed by atoms with Crippen molar-refractivity contribution in [2.75, 3.05) is 20.8 Å². The van der Waals surface area contributed by atoms with Gasteiger partial charge in [0.2, 0.25) is 0 Å². The van der Waals surface area contributed by atoms with Gasteiger partial charge < -0.3 is 13.3 Å². The van der Waals surface area contributed by atoms with E-state index >= 15 is 0 Å². The van der Waals surface area contributed by atoms with Gasteiger partial charge in [-0.1, -0.05) is 51.9 Å². The molecule has 0 aromatic rings. The van der Waals surface area contributed by atoms with Crippen molar-refractivity contribution >= 4 is 8.80 Å². The highest BCUT2D eigenvalue weighted by Crippen LogP contribution is 2.19. The van der Waals surface area contributed by atoms with Crippen LogP contribution in [-0.2, 0) is 13.3 Å². The monoisotopic (exact) mass is 276 g/mol. The molecule has 0 radical (unpaired) electrons. The summed E-state index contributed by atoms with van der Waals surface area (Å²) in [5.74, 6) is 0. The van der Waals surface area contributed by atoms with E-state index in [2.05, 4.69) is 6.92 Å². The molecule has 0 amide bonds. The van der Waals surface area contributed by atoms with Crippen molar-refractivity contribution < 1.29 is 13.3 Å². The highest BCUT2D eigenvalue weighted by atomic mass is 28.4. The van der Waals surface area contributed by atoms with Gasteiger partial charge in [0, 0.05) is 26.9 Å². The van der Waals surface area contributed by atoms with Crippen molar-refractivity contribution in [1.82, 2.24) is 0 Å². The topological polar surface area (TPSA) is 27.7 Å². The van der Waals surface area contributed by atoms with Crippen LogP contribution in [0.2, 0.25) is 6.04 Å². The van der Waals surface area contributed by atoms with E-state index < -0.39 is 8.80 Å². The summed E-state index contributed by atoms with van der Waals surface area (Å²) in [5, 5.41) is 0. The van der Waals surface area contributed by atoms with E-state index in [9.17, 15) is 0 Å². The first-order valence-corrected chi connectivity index (χ1v) is 9.42. The van der Waals surface area contributed by atoms with Gasteiger partial charge in [-0.25, -0.2) is 0 Å². The lowest BCUT2D eigenvalue weighted by atomic mass is 10.1. The fourth-order valence-electron chi connectivity index (χ4n) is 2.17. The Morgan fingerprint density at radius 2 is 1.22 bits per heavy atom. The third-order valence-corrected chi connectivity index (χ3v) is 6.26. The Morgan fingerprint density at radius 1 is 0.722 bits per heavy atom. The van der Waals surface area contributed by atoms with E-state index in [0.29, 0.717) is 6.61 Å². The van der Waals surface area contributed by atoms with Crippen molar-refractivity contribution in [3.05, 3.63) is 0 Å². The van der Waals surface area contributed by atoms with E-state index in [4.69, 9.17) is 13.3 Å². The van der Waals surface area contributed by atoms with E-state index in [1.54, 1.807) is 14.2 Å². The third-order valence-electron chi connectivity index (χ3n) is 3.32. The minimum Gasteiger partial charge on any atom is -0.377 e. The molecule has 0 fully saturated rings. The highest BCUT2D eigenvalue weighted by molar-refractivity contribution is 6.60. The maximum absolute atomic E-state index is 5.68. The second kappa shape index (κ2) is 12.1. The summed E-state index contributed by atoms with van der Waals surface area (Å²) in [6.07, 6.45) is 10.6. The molecule has 0 aliphatic carbocycles. The molecule has 3 nitrogen and oxygen atoms in total. The largest absolute Gasteiger partial charge is 0.500 e. The van der Waals surface area contributed by atoms with Gasteiger partial charge in [-0.15, -0.1) is 0 Å². The smallest absolute Gasteiger partial charge is 0.377 e. The summed E-state index contributed by atoms with van der Waals surface area (Å²) >= 11 is 0. The summed E-state index contributed by atoms with van der Waals surface area (Å²) in [6.45, 7) is 4.92.